The zero-order valence-corrected chi connectivity index (χ0v) is 5.92. The van der Waals surface area contributed by atoms with Gasteiger partial charge in [0.2, 0.25) is 0 Å². The lowest BCUT2D eigenvalue weighted by atomic mass is 10.3. The van der Waals surface area contributed by atoms with Gasteiger partial charge in [0.25, 0.3) is 0 Å². The Morgan fingerprint density at radius 3 is 2.44 bits per heavy atom. The van der Waals surface area contributed by atoms with Gasteiger partial charge in [0.1, 0.15) is 6.61 Å². The monoisotopic (exact) mass is 132 g/mol. The Labute approximate surface area is 55.7 Å². The number of hydrogen-bond acceptors (Lipinski definition) is 2. The van der Waals surface area contributed by atoms with Gasteiger partial charge in [-0.3, -0.25) is 0 Å². The van der Waals surface area contributed by atoms with Crippen LogP contribution in [0.25, 0.3) is 0 Å². The van der Waals surface area contributed by atoms with Gasteiger partial charge in [-0.05, 0) is 0 Å². The van der Waals surface area contributed by atoms with Gasteiger partial charge in [0.05, 0.1) is 6.10 Å². The second-order valence-corrected chi connectivity index (χ2v) is 2.38. The number of aliphatic hydroxyl groups excluding tert-OH is 1. The minimum absolute atomic E-state index is 0.339. The molecule has 0 saturated heterocycles. The lowest BCUT2D eigenvalue weighted by Gasteiger charge is -2.09. The lowest BCUT2D eigenvalue weighted by Crippen LogP contribution is -2.33. The Kier molecular flexibility index (Phi) is 4.67. The number of nitrogens with one attached hydrogen (secondary N) is 1. The number of rotatable bonds is 4. The molecule has 1 atom stereocenters. The molecule has 0 aromatic rings. The van der Waals surface area contributed by atoms with Crippen LogP contribution in [0.4, 0.5) is 0 Å². The van der Waals surface area contributed by atoms with Crippen molar-refractivity contribution in [2.45, 2.75) is 26.0 Å². The maximum atomic E-state index is 9.95. The van der Waals surface area contributed by atoms with Gasteiger partial charge in [-0.15, -0.1) is 0 Å². The van der Waals surface area contributed by atoms with E-state index in [9.17, 15) is 5.11 Å². The molecule has 0 aromatic carbocycles. The maximum Gasteiger partial charge on any atom is 0.109 e. The molecule has 55 valence electrons. The van der Waals surface area contributed by atoms with Crippen molar-refractivity contribution in [3.63, 3.8) is 0 Å². The summed E-state index contributed by atoms with van der Waals surface area (Å²) < 4.78 is 0. The Hall–Kier alpha value is -0.120. The molecule has 3 nitrogen and oxygen atoms in total. The van der Waals surface area contributed by atoms with Gasteiger partial charge < -0.3 is 10.4 Å². The van der Waals surface area contributed by atoms with Gasteiger partial charge in [0.15, 0.2) is 0 Å². The summed E-state index contributed by atoms with van der Waals surface area (Å²) in [5.41, 5.74) is 0. The van der Waals surface area contributed by atoms with Crippen molar-refractivity contribution in [3.05, 3.63) is 0 Å². The van der Waals surface area contributed by atoms with Crippen LogP contribution in [0, 0.1) is 0 Å². The molecule has 0 heterocycles. The van der Waals surface area contributed by atoms with Gasteiger partial charge in [0, 0.05) is 12.6 Å². The van der Waals surface area contributed by atoms with Crippen LogP contribution in [0.2, 0.25) is 0 Å². The summed E-state index contributed by atoms with van der Waals surface area (Å²) in [5.74, 6) is 0. The van der Waals surface area contributed by atoms with E-state index in [2.05, 4.69) is 5.32 Å². The molecule has 0 bridgehead atoms. The van der Waals surface area contributed by atoms with E-state index in [4.69, 9.17) is 5.11 Å². The summed E-state index contributed by atoms with van der Waals surface area (Å²) in [7, 11) is 0. The van der Waals surface area contributed by atoms with Crippen molar-refractivity contribution < 1.29 is 10.2 Å². The van der Waals surface area contributed by atoms with Crippen molar-refractivity contribution in [2.24, 2.45) is 0 Å². The van der Waals surface area contributed by atoms with Crippen molar-refractivity contribution in [1.82, 2.24) is 5.32 Å². The van der Waals surface area contributed by atoms with Crippen LogP contribution in [0.1, 0.15) is 13.8 Å². The second-order valence-electron chi connectivity index (χ2n) is 2.38. The molecule has 9 heavy (non-hydrogen) atoms. The van der Waals surface area contributed by atoms with E-state index < -0.39 is 12.7 Å². The zero-order chi connectivity index (χ0) is 7.28. The highest BCUT2D eigenvalue weighted by atomic mass is 16.3. The quantitative estimate of drug-likeness (QED) is 0.555. The molecule has 0 amide bonds. The Morgan fingerprint density at radius 2 is 2.11 bits per heavy atom. The van der Waals surface area contributed by atoms with Crippen molar-refractivity contribution in [2.75, 3.05) is 13.2 Å². The summed E-state index contributed by atoms with van der Waals surface area (Å²) in [6, 6.07) is 0.339. The van der Waals surface area contributed by atoms with Crippen LogP contribution in [0.15, 0.2) is 0 Å². The SMILES string of the molecule is CC(C)NC[C@H](O)C[O]. The standard InChI is InChI=1S/C6H14NO2/c1-5(2)7-3-6(9)4-8/h5-7,9H,3-4H2,1-2H3/t6-/m0/s1. The van der Waals surface area contributed by atoms with Crippen LogP contribution in [-0.4, -0.2) is 30.4 Å². The smallest absolute Gasteiger partial charge is 0.109 e. The van der Waals surface area contributed by atoms with Crippen molar-refractivity contribution >= 4 is 0 Å². The highest BCUT2D eigenvalue weighted by Gasteiger charge is 2.01. The fourth-order valence-corrected chi connectivity index (χ4v) is 0.431. The molecule has 1 radical (unpaired) electrons. The molecule has 0 aliphatic carbocycles. The maximum absolute atomic E-state index is 9.95. The van der Waals surface area contributed by atoms with E-state index in [1.165, 1.54) is 0 Å². The molecular weight excluding hydrogens is 118 g/mol. The number of aliphatic hydroxyl groups is 1. The zero-order valence-electron chi connectivity index (χ0n) is 5.92. The van der Waals surface area contributed by atoms with Gasteiger partial charge in [-0.25, -0.2) is 5.11 Å². The summed E-state index contributed by atoms with van der Waals surface area (Å²) in [6.45, 7) is 3.93. The number of hydrogen-bond donors (Lipinski definition) is 2. The van der Waals surface area contributed by atoms with Crippen LogP contribution in [-0.2, 0) is 5.11 Å². The van der Waals surface area contributed by atoms with E-state index in [-0.39, 0.29) is 0 Å². The summed E-state index contributed by atoms with van der Waals surface area (Å²) in [4.78, 5) is 0. The normalized spacial score (nSPS) is 14.3. The molecule has 0 rings (SSSR count). The fraction of sp³-hybridized carbons (Fsp3) is 1.00. The van der Waals surface area contributed by atoms with Crippen LogP contribution in [0.5, 0.6) is 0 Å². The first-order valence-corrected chi connectivity index (χ1v) is 3.16. The van der Waals surface area contributed by atoms with Crippen LogP contribution >= 0.6 is 0 Å². The Bertz CT molecular complexity index is 66.1. The van der Waals surface area contributed by atoms with E-state index in [0.29, 0.717) is 12.6 Å². The summed E-state index contributed by atoms with van der Waals surface area (Å²) in [6.07, 6.45) is -0.729. The molecule has 0 spiro atoms. The summed E-state index contributed by atoms with van der Waals surface area (Å²) in [5, 5.41) is 21.6. The first-order valence-electron chi connectivity index (χ1n) is 3.16. The third-order valence-corrected chi connectivity index (χ3v) is 0.954. The largest absolute Gasteiger partial charge is 0.389 e. The topological polar surface area (TPSA) is 52.2 Å². The average Bonchev–Trinajstić information content (AvgIpc) is 1.83. The first kappa shape index (κ1) is 8.88. The van der Waals surface area contributed by atoms with Crippen molar-refractivity contribution in [3.8, 4) is 0 Å². The Balaban J connectivity index is 3.06. The average molecular weight is 132 g/mol. The Morgan fingerprint density at radius 1 is 1.56 bits per heavy atom. The van der Waals surface area contributed by atoms with Gasteiger partial charge in [-0.1, -0.05) is 13.8 Å². The molecule has 2 N–H and O–H groups in total. The van der Waals surface area contributed by atoms with E-state index in [1.807, 2.05) is 13.8 Å². The third-order valence-electron chi connectivity index (χ3n) is 0.954. The second kappa shape index (κ2) is 4.73. The van der Waals surface area contributed by atoms with E-state index in [0.717, 1.165) is 0 Å². The molecule has 0 aromatic heterocycles. The minimum atomic E-state index is -0.729. The minimum Gasteiger partial charge on any atom is -0.389 e. The van der Waals surface area contributed by atoms with E-state index in [1.54, 1.807) is 0 Å². The predicted molar refractivity (Wildman–Crippen MR) is 34.7 cm³/mol. The third kappa shape index (κ3) is 5.76. The molecule has 3 heteroatoms. The molecule has 0 fully saturated rings. The van der Waals surface area contributed by atoms with Crippen LogP contribution in [0.3, 0.4) is 0 Å². The first-order chi connectivity index (χ1) is 4.16. The fourth-order valence-electron chi connectivity index (χ4n) is 0.431. The predicted octanol–water partition coefficient (Wildman–Crippen LogP) is -0.224. The highest BCUT2D eigenvalue weighted by molar-refractivity contribution is 4.59. The molecular formula is C6H14NO2. The molecule has 0 unspecified atom stereocenters. The molecule has 0 aliphatic heterocycles. The lowest BCUT2D eigenvalue weighted by molar-refractivity contribution is 0.0544. The highest BCUT2D eigenvalue weighted by Crippen LogP contribution is 1.80. The summed E-state index contributed by atoms with van der Waals surface area (Å²) >= 11 is 0. The van der Waals surface area contributed by atoms with E-state index >= 15 is 0 Å². The molecule has 0 aliphatic rings. The molecule has 0 saturated carbocycles. The van der Waals surface area contributed by atoms with Gasteiger partial charge >= 0.3 is 0 Å². The van der Waals surface area contributed by atoms with Gasteiger partial charge in [-0.2, -0.15) is 0 Å². The van der Waals surface area contributed by atoms with Crippen LogP contribution < -0.4 is 5.32 Å². The van der Waals surface area contributed by atoms with Crippen molar-refractivity contribution in [1.29, 1.82) is 0 Å².